The lowest BCUT2D eigenvalue weighted by Gasteiger charge is -2.44. The monoisotopic (exact) mass is 292 g/mol. The van der Waals surface area contributed by atoms with Crippen LogP contribution in [0.5, 0.6) is 0 Å². The first-order chi connectivity index (χ1) is 9.50. The summed E-state index contributed by atoms with van der Waals surface area (Å²) in [7, 11) is 0. The third kappa shape index (κ3) is 2.43. The predicted octanol–water partition coefficient (Wildman–Crippen LogP) is 2.00. The third-order valence-corrected chi connectivity index (χ3v) is 3.99. The zero-order chi connectivity index (χ0) is 14.8. The fourth-order valence-corrected chi connectivity index (χ4v) is 2.44. The lowest BCUT2D eigenvalue weighted by Crippen LogP contribution is -2.64. The van der Waals surface area contributed by atoms with Crippen LogP contribution in [0.1, 0.15) is 19.4 Å². The van der Waals surface area contributed by atoms with E-state index in [2.05, 4.69) is 5.32 Å². The van der Waals surface area contributed by atoms with Crippen LogP contribution in [0, 0.1) is 0 Å². The van der Waals surface area contributed by atoms with Gasteiger partial charge in [-0.3, -0.25) is 9.59 Å². The second-order valence-corrected chi connectivity index (χ2v) is 5.27. The Morgan fingerprint density at radius 1 is 1.40 bits per heavy atom. The zero-order valence-electron chi connectivity index (χ0n) is 11.5. The van der Waals surface area contributed by atoms with Gasteiger partial charge in [0.05, 0.1) is 6.54 Å². The Morgan fingerprint density at radius 3 is 2.65 bits per heavy atom. The number of halogens is 1. The summed E-state index contributed by atoms with van der Waals surface area (Å²) in [5.41, 5.74) is 2.04. The normalized spacial score (nSPS) is 23.8. The van der Waals surface area contributed by atoms with Crippen LogP contribution in [0.2, 0.25) is 0 Å². The Hall–Kier alpha value is -1.81. The van der Waals surface area contributed by atoms with E-state index in [1.807, 2.05) is 37.3 Å². The highest BCUT2D eigenvalue weighted by atomic mass is 35.5. The van der Waals surface area contributed by atoms with E-state index in [0.29, 0.717) is 6.54 Å². The van der Waals surface area contributed by atoms with Crippen LogP contribution >= 0.6 is 11.6 Å². The van der Waals surface area contributed by atoms with E-state index in [4.69, 9.17) is 11.6 Å². The van der Waals surface area contributed by atoms with Gasteiger partial charge in [0.25, 0.3) is 5.91 Å². The highest BCUT2D eigenvalue weighted by Gasteiger charge is 2.46. The topological polar surface area (TPSA) is 49.4 Å². The Balaban J connectivity index is 2.48. The van der Waals surface area contributed by atoms with Crippen LogP contribution in [-0.4, -0.2) is 29.8 Å². The molecule has 4 nitrogen and oxygen atoms in total. The summed E-state index contributed by atoms with van der Waals surface area (Å²) in [6, 6.07) is 9.30. The maximum absolute atomic E-state index is 12.4. The van der Waals surface area contributed by atoms with Crippen molar-refractivity contribution in [2.75, 3.05) is 13.1 Å². The fraction of sp³-hybridized carbons (Fsp3) is 0.333. The van der Waals surface area contributed by atoms with Crippen molar-refractivity contribution >= 4 is 23.4 Å². The van der Waals surface area contributed by atoms with Crippen LogP contribution in [-0.2, 0) is 15.1 Å². The number of hydrogen-bond acceptors (Lipinski definition) is 2. The van der Waals surface area contributed by atoms with Gasteiger partial charge in [-0.25, -0.2) is 0 Å². The van der Waals surface area contributed by atoms with Gasteiger partial charge in [0, 0.05) is 12.1 Å². The molecular weight excluding hydrogens is 276 g/mol. The second kappa shape index (κ2) is 5.67. The van der Waals surface area contributed by atoms with Crippen LogP contribution in [0.25, 0.3) is 0 Å². The minimum Gasteiger partial charge on any atom is -0.345 e. The lowest BCUT2D eigenvalue weighted by molar-refractivity contribution is -0.152. The molecular formula is C15H17ClN2O2. The van der Waals surface area contributed by atoms with Crippen molar-refractivity contribution in [1.82, 2.24) is 10.2 Å². The summed E-state index contributed by atoms with van der Waals surface area (Å²) >= 11 is 5.69. The molecule has 0 spiro atoms. The largest absolute Gasteiger partial charge is 0.345 e. The van der Waals surface area contributed by atoms with E-state index in [0.717, 1.165) is 11.1 Å². The molecule has 0 aliphatic carbocycles. The minimum atomic E-state index is -1.02. The van der Waals surface area contributed by atoms with Crippen molar-refractivity contribution in [3.63, 3.8) is 0 Å². The lowest BCUT2D eigenvalue weighted by atomic mass is 9.86. The number of nitrogens with zero attached hydrogens (tertiary/aromatic N) is 1. The van der Waals surface area contributed by atoms with E-state index in [1.54, 1.807) is 11.8 Å². The highest BCUT2D eigenvalue weighted by Crippen LogP contribution is 2.31. The first-order valence-corrected chi connectivity index (χ1v) is 6.84. The van der Waals surface area contributed by atoms with E-state index in [1.165, 1.54) is 5.54 Å². The average Bonchev–Trinajstić information content (AvgIpc) is 2.48. The number of nitrogens with one attached hydrogen (secondary N) is 1. The predicted molar refractivity (Wildman–Crippen MR) is 78.1 cm³/mol. The van der Waals surface area contributed by atoms with Gasteiger partial charge < -0.3 is 10.2 Å². The van der Waals surface area contributed by atoms with Gasteiger partial charge in [-0.2, -0.15) is 0 Å². The molecule has 0 bridgehead atoms. The van der Waals surface area contributed by atoms with Crippen LogP contribution < -0.4 is 5.32 Å². The smallest absolute Gasteiger partial charge is 0.250 e. The Kier molecular flexibility index (Phi) is 4.14. The number of amides is 2. The summed E-state index contributed by atoms with van der Waals surface area (Å²) in [6.45, 7) is 3.95. The van der Waals surface area contributed by atoms with Gasteiger partial charge in [0.2, 0.25) is 5.91 Å². The molecule has 20 heavy (non-hydrogen) atoms. The van der Waals surface area contributed by atoms with Crippen molar-refractivity contribution in [2.45, 2.75) is 19.4 Å². The third-order valence-electron chi connectivity index (χ3n) is 3.61. The molecule has 0 aromatic heterocycles. The number of benzene rings is 1. The van der Waals surface area contributed by atoms with E-state index < -0.39 is 5.54 Å². The first kappa shape index (κ1) is 14.6. The van der Waals surface area contributed by atoms with Crippen molar-refractivity contribution in [1.29, 1.82) is 0 Å². The summed E-state index contributed by atoms with van der Waals surface area (Å²) in [5.74, 6) is -0.292. The molecule has 2 rings (SSSR count). The number of hydrogen-bond donors (Lipinski definition) is 1. The first-order valence-electron chi connectivity index (χ1n) is 6.40. The Bertz CT molecular complexity index is 556. The summed E-state index contributed by atoms with van der Waals surface area (Å²) in [5, 5.41) is 2.66. The fourth-order valence-electron chi connectivity index (χ4n) is 2.38. The SMILES string of the molecule is C/C(=C/Cl)CN1C(=O)CNC(=O)C1(C)c1ccccc1. The van der Waals surface area contributed by atoms with Crippen molar-refractivity contribution in [2.24, 2.45) is 0 Å². The molecule has 0 saturated carbocycles. The number of carbonyl (C=O) groups excluding carboxylic acids is 2. The molecule has 1 heterocycles. The van der Waals surface area contributed by atoms with Crippen molar-refractivity contribution < 1.29 is 9.59 Å². The quantitative estimate of drug-likeness (QED) is 0.926. The molecule has 106 valence electrons. The Morgan fingerprint density at radius 2 is 2.05 bits per heavy atom. The van der Waals surface area contributed by atoms with Gasteiger partial charge in [0.1, 0.15) is 5.54 Å². The molecule has 1 aromatic rings. The number of piperazine rings is 1. The Labute approximate surface area is 123 Å². The highest BCUT2D eigenvalue weighted by molar-refractivity contribution is 6.25. The number of carbonyl (C=O) groups is 2. The molecule has 1 fully saturated rings. The van der Waals surface area contributed by atoms with Gasteiger partial charge in [0.15, 0.2) is 0 Å². The molecule has 1 aliphatic heterocycles. The van der Waals surface area contributed by atoms with Gasteiger partial charge in [-0.15, -0.1) is 0 Å². The van der Waals surface area contributed by atoms with E-state index in [-0.39, 0.29) is 18.4 Å². The van der Waals surface area contributed by atoms with Gasteiger partial charge in [-0.05, 0) is 25.0 Å². The van der Waals surface area contributed by atoms with E-state index in [9.17, 15) is 9.59 Å². The van der Waals surface area contributed by atoms with Crippen LogP contribution in [0.3, 0.4) is 0 Å². The average molecular weight is 293 g/mol. The summed E-state index contributed by atoms with van der Waals surface area (Å²) in [6.07, 6.45) is 0. The number of rotatable bonds is 3. The zero-order valence-corrected chi connectivity index (χ0v) is 12.3. The molecule has 1 N–H and O–H groups in total. The second-order valence-electron chi connectivity index (χ2n) is 5.06. The molecule has 2 amide bonds. The molecule has 1 atom stereocenters. The summed E-state index contributed by atoms with van der Waals surface area (Å²) in [4.78, 5) is 26.2. The maximum atomic E-state index is 12.4. The molecule has 0 radical (unpaired) electrons. The van der Waals surface area contributed by atoms with Crippen LogP contribution in [0.4, 0.5) is 0 Å². The van der Waals surface area contributed by atoms with Gasteiger partial charge in [-0.1, -0.05) is 41.9 Å². The molecule has 5 heteroatoms. The molecule has 1 aliphatic rings. The maximum Gasteiger partial charge on any atom is 0.250 e. The standard InChI is InChI=1S/C15H17ClN2O2/c1-11(8-16)10-18-13(19)9-17-14(20)15(18,2)12-6-4-3-5-7-12/h3-8H,9-10H2,1-2H3,(H,17,20)/b11-8-. The van der Waals surface area contributed by atoms with Crippen molar-refractivity contribution in [3.05, 3.63) is 47.0 Å². The van der Waals surface area contributed by atoms with Gasteiger partial charge >= 0.3 is 0 Å². The molecule has 1 aromatic carbocycles. The van der Waals surface area contributed by atoms with Crippen LogP contribution in [0.15, 0.2) is 41.4 Å². The minimum absolute atomic E-state index is 0.0246. The molecule has 1 saturated heterocycles. The molecule has 1 unspecified atom stereocenters. The van der Waals surface area contributed by atoms with E-state index >= 15 is 0 Å². The summed E-state index contributed by atoms with van der Waals surface area (Å²) < 4.78 is 0. The van der Waals surface area contributed by atoms with Crippen molar-refractivity contribution in [3.8, 4) is 0 Å².